The number of fused-ring (bicyclic) bond motifs is 1. The van der Waals surface area contributed by atoms with Gasteiger partial charge in [-0.05, 0) is 41.5 Å². The summed E-state index contributed by atoms with van der Waals surface area (Å²) in [4.78, 5) is 25.2. The lowest BCUT2D eigenvalue weighted by atomic mass is 9.67. The van der Waals surface area contributed by atoms with Crippen molar-refractivity contribution in [3.8, 4) is 0 Å². The first kappa shape index (κ1) is 20.8. The standard InChI is InChI=1S/C28H26O3/c1-31-26(29)19-22-11-13-23(14-12-22)20-28(17-15-21-7-3-2-4-8-21)18-16-24-9-5-6-10-25(24)27(28)30/h2-15,17H,16,18-20H2,1H3/b17-15+. The Labute approximate surface area is 183 Å². The fraction of sp³-hybridized carbons (Fsp3) is 0.214. The maximum Gasteiger partial charge on any atom is 0.309 e. The summed E-state index contributed by atoms with van der Waals surface area (Å²) in [5, 5.41) is 0. The summed E-state index contributed by atoms with van der Waals surface area (Å²) in [5.74, 6) is -0.0748. The summed E-state index contributed by atoms with van der Waals surface area (Å²) < 4.78 is 4.75. The number of hydrogen-bond donors (Lipinski definition) is 0. The summed E-state index contributed by atoms with van der Waals surface area (Å²) in [5.41, 5.74) is 4.44. The zero-order valence-corrected chi connectivity index (χ0v) is 17.7. The summed E-state index contributed by atoms with van der Waals surface area (Å²) in [6, 6.07) is 26.0. The van der Waals surface area contributed by atoms with Crippen LogP contribution in [0.15, 0.2) is 84.9 Å². The lowest BCUT2D eigenvalue weighted by Gasteiger charge is -2.34. The van der Waals surface area contributed by atoms with Crippen LogP contribution in [-0.4, -0.2) is 18.9 Å². The highest BCUT2D eigenvalue weighted by molar-refractivity contribution is 6.04. The number of allylic oxidation sites excluding steroid dienone is 1. The smallest absolute Gasteiger partial charge is 0.309 e. The van der Waals surface area contributed by atoms with Gasteiger partial charge < -0.3 is 4.74 Å². The van der Waals surface area contributed by atoms with Gasteiger partial charge in [-0.3, -0.25) is 9.59 Å². The summed E-state index contributed by atoms with van der Waals surface area (Å²) in [6.45, 7) is 0. The number of ether oxygens (including phenoxy) is 1. The molecule has 3 aromatic rings. The minimum atomic E-state index is -0.589. The summed E-state index contributed by atoms with van der Waals surface area (Å²) in [7, 11) is 1.39. The second-order valence-electron chi connectivity index (χ2n) is 8.13. The van der Waals surface area contributed by atoms with Gasteiger partial charge in [-0.1, -0.05) is 91.0 Å². The molecule has 0 bridgehead atoms. The second-order valence-corrected chi connectivity index (χ2v) is 8.13. The quantitative estimate of drug-likeness (QED) is 0.506. The lowest BCUT2D eigenvalue weighted by molar-refractivity contribution is -0.139. The van der Waals surface area contributed by atoms with Crippen molar-refractivity contribution in [3.63, 3.8) is 0 Å². The zero-order chi connectivity index (χ0) is 21.7. The van der Waals surface area contributed by atoms with Gasteiger partial charge in [0.2, 0.25) is 0 Å². The average molecular weight is 411 g/mol. The van der Waals surface area contributed by atoms with Crippen molar-refractivity contribution < 1.29 is 14.3 Å². The van der Waals surface area contributed by atoms with E-state index in [1.54, 1.807) is 0 Å². The molecule has 0 saturated heterocycles. The molecule has 4 rings (SSSR count). The Morgan fingerprint density at radius 2 is 1.61 bits per heavy atom. The molecule has 31 heavy (non-hydrogen) atoms. The minimum Gasteiger partial charge on any atom is -0.469 e. The number of hydrogen-bond acceptors (Lipinski definition) is 3. The van der Waals surface area contributed by atoms with Crippen LogP contribution in [0.1, 0.15) is 39.0 Å². The summed E-state index contributed by atoms with van der Waals surface area (Å²) >= 11 is 0. The van der Waals surface area contributed by atoms with Gasteiger partial charge in [-0.25, -0.2) is 0 Å². The highest BCUT2D eigenvalue weighted by Gasteiger charge is 2.40. The molecule has 1 aliphatic rings. The largest absolute Gasteiger partial charge is 0.469 e. The Morgan fingerprint density at radius 3 is 2.35 bits per heavy atom. The van der Waals surface area contributed by atoms with E-state index in [1.165, 1.54) is 7.11 Å². The molecule has 3 heteroatoms. The van der Waals surface area contributed by atoms with Gasteiger partial charge in [0.1, 0.15) is 0 Å². The van der Waals surface area contributed by atoms with Crippen molar-refractivity contribution in [2.45, 2.75) is 25.7 Å². The van der Waals surface area contributed by atoms with Gasteiger partial charge in [0.25, 0.3) is 0 Å². The minimum absolute atomic E-state index is 0.181. The van der Waals surface area contributed by atoms with Gasteiger partial charge >= 0.3 is 5.97 Å². The van der Waals surface area contributed by atoms with E-state index in [2.05, 4.69) is 18.2 Å². The summed E-state index contributed by atoms with van der Waals surface area (Å²) in [6.07, 6.45) is 6.70. The molecule has 0 aliphatic heterocycles. The van der Waals surface area contributed by atoms with Crippen molar-refractivity contribution >= 4 is 17.8 Å². The zero-order valence-electron chi connectivity index (χ0n) is 17.7. The van der Waals surface area contributed by atoms with E-state index in [0.29, 0.717) is 6.42 Å². The van der Waals surface area contributed by atoms with Crippen LogP contribution >= 0.6 is 0 Å². The molecule has 0 saturated carbocycles. The van der Waals surface area contributed by atoms with Crippen molar-refractivity contribution in [1.29, 1.82) is 0 Å². The van der Waals surface area contributed by atoms with E-state index in [0.717, 1.165) is 40.7 Å². The molecular weight excluding hydrogens is 384 g/mol. The van der Waals surface area contributed by atoms with E-state index in [1.807, 2.05) is 72.8 Å². The van der Waals surface area contributed by atoms with E-state index in [9.17, 15) is 9.59 Å². The van der Waals surface area contributed by atoms with Crippen LogP contribution in [0.25, 0.3) is 6.08 Å². The normalized spacial score (nSPS) is 18.0. The number of esters is 1. The van der Waals surface area contributed by atoms with E-state index >= 15 is 0 Å². The van der Waals surface area contributed by atoms with Gasteiger partial charge in [-0.15, -0.1) is 0 Å². The van der Waals surface area contributed by atoms with Crippen molar-refractivity contribution in [1.82, 2.24) is 0 Å². The van der Waals surface area contributed by atoms with Gasteiger partial charge in [0.15, 0.2) is 5.78 Å². The van der Waals surface area contributed by atoms with Crippen LogP contribution < -0.4 is 0 Å². The Balaban J connectivity index is 1.66. The molecule has 156 valence electrons. The van der Waals surface area contributed by atoms with Crippen LogP contribution in [0.2, 0.25) is 0 Å². The third kappa shape index (κ3) is 4.66. The second kappa shape index (κ2) is 9.13. The maximum atomic E-state index is 13.7. The Hall–Kier alpha value is -3.46. The molecule has 0 N–H and O–H groups in total. The van der Waals surface area contributed by atoms with Gasteiger partial charge in [0, 0.05) is 5.56 Å². The van der Waals surface area contributed by atoms with Crippen molar-refractivity contribution in [3.05, 3.63) is 113 Å². The molecule has 1 unspecified atom stereocenters. The number of ketones is 1. The van der Waals surface area contributed by atoms with Crippen LogP contribution in [0, 0.1) is 5.41 Å². The molecule has 1 aliphatic carbocycles. The van der Waals surface area contributed by atoms with Crippen molar-refractivity contribution in [2.24, 2.45) is 5.41 Å². The Bertz CT molecular complexity index is 1100. The third-order valence-electron chi connectivity index (χ3n) is 6.07. The van der Waals surface area contributed by atoms with Crippen molar-refractivity contribution in [2.75, 3.05) is 7.11 Å². The average Bonchev–Trinajstić information content (AvgIpc) is 2.82. The molecule has 1 atom stereocenters. The molecule has 0 heterocycles. The van der Waals surface area contributed by atoms with Crippen LogP contribution in [0.3, 0.4) is 0 Å². The van der Waals surface area contributed by atoms with E-state index in [-0.39, 0.29) is 18.2 Å². The number of benzene rings is 3. The molecule has 0 aromatic heterocycles. The van der Waals surface area contributed by atoms with Crippen LogP contribution in [0.5, 0.6) is 0 Å². The number of aryl methyl sites for hydroxylation is 1. The maximum absolute atomic E-state index is 13.7. The highest BCUT2D eigenvalue weighted by atomic mass is 16.5. The first-order valence-corrected chi connectivity index (χ1v) is 10.6. The van der Waals surface area contributed by atoms with Crippen LogP contribution in [-0.2, 0) is 28.8 Å². The monoisotopic (exact) mass is 410 g/mol. The fourth-order valence-corrected chi connectivity index (χ4v) is 4.28. The molecule has 0 spiro atoms. The first-order chi connectivity index (χ1) is 15.1. The first-order valence-electron chi connectivity index (χ1n) is 10.6. The topological polar surface area (TPSA) is 43.4 Å². The van der Waals surface area contributed by atoms with Crippen LogP contribution in [0.4, 0.5) is 0 Å². The molecular formula is C28H26O3. The Morgan fingerprint density at radius 1 is 0.935 bits per heavy atom. The predicted octanol–water partition coefficient (Wildman–Crippen LogP) is 5.47. The molecule has 0 fully saturated rings. The van der Waals surface area contributed by atoms with Gasteiger partial charge in [0.05, 0.1) is 18.9 Å². The molecule has 3 nitrogen and oxygen atoms in total. The number of carbonyl (C=O) groups excluding carboxylic acids is 2. The van der Waals surface area contributed by atoms with E-state index in [4.69, 9.17) is 4.74 Å². The fourth-order valence-electron chi connectivity index (χ4n) is 4.28. The molecule has 0 amide bonds. The number of rotatable bonds is 6. The number of Topliss-reactive ketones (excluding diaryl/α,β-unsaturated/α-hetero) is 1. The van der Waals surface area contributed by atoms with Gasteiger partial charge in [-0.2, -0.15) is 0 Å². The van der Waals surface area contributed by atoms with E-state index < -0.39 is 5.41 Å². The predicted molar refractivity (Wildman–Crippen MR) is 123 cm³/mol. The SMILES string of the molecule is COC(=O)Cc1ccc(CC2(/C=C/c3ccccc3)CCc3ccccc3C2=O)cc1. The third-order valence-corrected chi connectivity index (χ3v) is 6.07. The number of methoxy groups -OCH3 is 1. The Kier molecular flexibility index (Phi) is 6.13. The number of carbonyl (C=O) groups is 2. The molecule has 3 aromatic carbocycles. The highest BCUT2D eigenvalue weighted by Crippen LogP contribution is 2.40. The lowest BCUT2D eigenvalue weighted by Crippen LogP contribution is -2.36. The molecule has 0 radical (unpaired) electrons.